The number of hydrogen-bond acceptors (Lipinski definition) is 4. The monoisotopic (exact) mass is 387 g/mol. The van der Waals surface area contributed by atoms with Crippen LogP contribution < -0.4 is 5.32 Å². The number of nitrogens with zero attached hydrogens (tertiary/aromatic N) is 2. The number of likely N-dealkylation sites (tertiary alicyclic amines) is 1. The molecule has 3 heterocycles. The van der Waals surface area contributed by atoms with Crippen molar-refractivity contribution in [2.24, 2.45) is 11.8 Å². The van der Waals surface area contributed by atoms with Crippen LogP contribution in [0.2, 0.25) is 0 Å². The molecule has 3 saturated heterocycles. The smallest absolute Gasteiger partial charge is 0.253 e. The van der Waals surface area contributed by atoms with E-state index in [-0.39, 0.29) is 36.8 Å². The summed E-state index contributed by atoms with van der Waals surface area (Å²) in [6, 6.07) is 10.4. The van der Waals surface area contributed by atoms with Gasteiger partial charge in [-0.2, -0.15) is 0 Å². The molecule has 1 N–H and O–H groups in total. The zero-order valence-corrected chi connectivity index (χ0v) is 15.9. The number of morpholine rings is 1. The molecule has 3 aliphatic rings. The third-order valence-corrected chi connectivity index (χ3v) is 5.38. The second-order valence-electron chi connectivity index (χ2n) is 7.00. The Kier molecular flexibility index (Phi) is 7.52. The maximum Gasteiger partial charge on any atom is 0.253 e. The summed E-state index contributed by atoms with van der Waals surface area (Å²) in [6.07, 6.45) is -0.292. The quantitative estimate of drug-likeness (QED) is 0.851. The number of rotatable bonds is 3. The third kappa shape index (κ3) is 4.66. The van der Waals surface area contributed by atoms with Gasteiger partial charge in [0.15, 0.2) is 0 Å². The zero-order chi connectivity index (χ0) is 15.6. The minimum Gasteiger partial charge on any atom is -0.366 e. The van der Waals surface area contributed by atoms with E-state index in [1.807, 2.05) is 11.0 Å². The lowest BCUT2D eigenvalue weighted by Gasteiger charge is -2.34. The van der Waals surface area contributed by atoms with E-state index in [0.29, 0.717) is 25.0 Å². The van der Waals surface area contributed by atoms with Crippen molar-refractivity contribution >= 4 is 30.7 Å². The molecule has 0 spiro atoms. The van der Waals surface area contributed by atoms with Gasteiger partial charge in [-0.25, -0.2) is 0 Å². The lowest BCUT2D eigenvalue weighted by atomic mass is 10.0. The van der Waals surface area contributed by atoms with E-state index < -0.39 is 0 Å². The van der Waals surface area contributed by atoms with Gasteiger partial charge in [0.2, 0.25) is 0 Å². The molecule has 0 aromatic heterocycles. The highest BCUT2D eigenvalue weighted by Gasteiger charge is 2.40. The van der Waals surface area contributed by atoms with E-state index in [1.54, 1.807) is 0 Å². The van der Waals surface area contributed by atoms with Crippen LogP contribution in [0.15, 0.2) is 30.3 Å². The molecule has 0 bridgehead atoms. The third-order valence-electron chi connectivity index (χ3n) is 5.38. The fraction of sp³-hybridized carbons (Fsp3) is 0.611. The number of nitrogens with one attached hydrogen (secondary N) is 1. The molecule has 1 amide bonds. The molecule has 0 saturated carbocycles. The molecule has 4 rings (SSSR count). The average molecular weight is 388 g/mol. The van der Waals surface area contributed by atoms with Crippen LogP contribution in [0.1, 0.15) is 5.56 Å². The van der Waals surface area contributed by atoms with Gasteiger partial charge in [0.1, 0.15) is 6.10 Å². The van der Waals surface area contributed by atoms with Gasteiger partial charge in [-0.15, -0.1) is 24.8 Å². The summed E-state index contributed by atoms with van der Waals surface area (Å²) in [5.74, 6) is 1.48. The fourth-order valence-electron chi connectivity index (χ4n) is 4.08. The molecule has 1 aromatic carbocycles. The molecule has 7 heteroatoms. The summed E-state index contributed by atoms with van der Waals surface area (Å²) in [6.45, 7) is 7.05. The van der Waals surface area contributed by atoms with Crippen molar-refractivity contribution in [3.8, 4) is 0 Å². The number of fused-ring (bicyclic) bond motifs is 1. The lowest BCUT2D eigenvalue weighted by molar-refractivity contribution is -0.149. The van der Waals surface area contributed by atoms with Crippen LogP contribution in [0.5, 0.6) is 0 Å². The summed E-state index contributed by atoms with van der Waals surface area (Å²) in [7, 11) is 0. The number of ether oxygens (including phenoxy) is 1. The molecule has 1 unspecified atom stereocenters. The van der Waals surface area contributed by atoms with E-state index in [0.717, 1.165) is 39.3 Å². The van der Waals surface area contributed by atoms with Crippen molar-refractivity contribution < 1.29 is 9.53 Å². The molecular formula is C18H27Cl2N3O2. The molecule has 140 valence electrons. The van der Waals surface area contributed by atoms with Gasteiger partial charge in [0.05, 0.1) is 6.61 Å². The molecule has 0 aliphatic carbocycles. The van der Waals surface area contributed by atoms with E-state index in [1.165, 1.54) is 5.56 Å². The first-order valence-corrected chi connectivity index (χ1v) is 8.67. The molecule has 3 fully saturated rings. The van der Waals surface area contributed by atoms with Crippen molar-refractivity contribution in [2.75, 3.05) is 45.9 Å². The first-order chi connectivity index (χ1) is 11.3. The van der Waals surface area contributed by atoms with Crippen LogP contribution in [-0.4, -0.2) is 67.7 Å². The van der Waals surface area contributed by atoms with Gasteiger partial charge < -0.3 is 15.0 Å². The first kappa shape index (κ1) is 20.5. The van der Waals surface area contributed by atoms with E-state index >= 15 is 0 Å². The van der Waals surface area contributed by atoms with Crippen LogP contribution in [0, 0.1) is 11.8 Å². The number of carbonyl (C=O) groups excluding carboxylic acids is 1. The highest BCUT2D eigenvalue weighted by Crippen LogP contribution is 2.27. The summed E-state index contributed by atoms with van der Waals surface area (Å²) < 4.78 is 5.79. The maximum atomic E-state index is 12.8. The molecule has 25 heavy (non-hydrogen) atoms. The zero-order valence-electron chi connectivity index (χ0n) is 14.3. The predicted octanol–water partition coefficient (Wildman–Crippen LogP) is 1.41. The minimum atomic E-state index is -0.292. The van der Waals surface area contributed by atoms with Crippen molar-refractivity contribution in [1.29, 1.82) is 0 Å². The maximum absolute atomic E-state index is 12.8. The topological polar surface area (TPSA) is 44.8 Å². The average Bonchev–Trinajstić information content (AvgIpc) is 3.17. The van der Waals surface area contributed by atoms with Gasteiger partial charge in [0.25, 0.3) is 5.91 Å². The summed E-state index contributed by atoms with van der Waals surface area (Å²) >= 11 is 0. The fourth-order valence-corrected chi connectivity index (χ4v) is 4.08. The van der Waals surface area contributed by atoms with Crippen LogP contribution in [0.3, 0.4) is 0 Å². The Morgan fingerprint density at radius 3 is 2.44 bits per heavy atom. The molecule has 0 radical (unpaired) electrons. The Labute approximate surface area is 161 Å². The number of hydrogen-bond donors (Lipinski definition) is 1. The largest absolute Gasteiger partial charge is 0.366 e. The number of halogens is 2. The second kappa shape index (κ2) is 9.19. The standard InChI is InChI=1S/C18H25N3O2.2ClH/c22-18(21-11-15-8-19-9-16(15)12-21)17-13-20(6-7-23-17)10-14-4-2-1-3-5-14;;/h1-5,15-17,19H,6-13H2;2*1H/t15-,16+,17?;;. The summed E-state index contributed by atoms with van der Waals surface area (Å²) in [5, 5.41) is 3.42. The summed E-state index contributed by atoms with van der Waals surface area (Å²) in [5.41, 5.74) is 1.29. The van der Waals surface area contributed by atoms with Crippen molar-refractivity contribution in [2.45, 2.75) is 12.6 Å². The Morgan fingerprint density at radius 1 is 1.08 bits per heavy atom. The Hall–Kier alpha value is -0.850. The first-order valence-electron chi connectivity index (χ1n) is 8.67. The molecule has 5 nitrogen and oxygen atoms in total. The van der Waals surface area contributed by atoms with Gasteiger partial charge in [-0.05, 0) is 17.4 Å². The molecule has 3 atom stereocenters. The van der Waals surface area contributed by atoms with Gasteiger partial charge in [0, 0.05) is 45.8 Å². The molecule has 1 aromatic rings. The minimum absolute atomic E-state index is 0. The van der Waals surface area contributed by atoms with Gasteiger partial charge >= 0.3 is 0 Å². The van der Waals surface area contributed by atoms with Crippen LogP contribution in [-0.2, 0) is 16.1 Å². The number of benzene rings is 1. The second-order valence-corrected chi connectivity index (χ2v) is 7.00. The van der Waals surface area contributed by atoms with E-state index in [2.05, 4.69) is 34.5 Å². The normalized spacial score (nSPS) is 28.8. The molecule has 3 aliphatic heterocycles. The Balaban J connectivity index is 0.00000113. The highest BCUT2D eigenvalue weighted by molar-refractivity contribution is 5.85. The SMILES string of the molecule is Cl.Cl.O=C(C1CN(Cc2ccccc2)CCO1)N1C[C@H]2CNC[C@H]2C1. The van der Waals surface area contributed by atoms with Crippen LogP contribution in [0.4, 0.5) is 0 Å². The predicted molar refractivity (Wildman–Crippen MR) is 102 cm³/mol. The van der Waals surface area contributed by atoms with Crippen molar-refractivity contribution in [3.05, 3.63) is 35.9 Å². The lowest BCUT2D eigenvalue weighted by Crippen LogP contribution is -2.50. The van der Waals surface area contributed by atoms with Crippen LogP contribution in [0.25, 0.3) is 0 Å². The van der Waals surface area contributed by atoms with Crippen LogP contribution >= 0.6 is 24.8 Å². The number of carbonyl (C=O) groups is 1. The van der Waals surface area contributed by atoms with E-state index in [9.17, 15) is 4.79 Å². The van der Waals surface area contributed by atoms with Crippen molar-refractivity contribution in [1.82, 2.24) is 15.1 Å². The Morgan fingerprint density at radius 2 is 1.76 bits per heavy atom. The molecular weight excluding hydrogens is 361 g/mol. The number of amides is 1. The van der Waals surface area contributed by atoms with Gasteiger partial charge in [-0.3, -0.25) is 9.69 Å². The highest BCUT2D eigenvalue weighted by atomic mass is 35.5. The van der Waals surface area contributed by atoms with Gasteiger partial charge in [-0.1, -0.05) is 30.3 Å². The van der Waals surface area contributed by atoms with Crippen molar-refractivity contribution in [3.63, 3.8) is 0 Å². The van der Waals surface area contributed by atoms with E-state index in [4.69, 9.17) is 4.74 Å². The summed E-state index contributed by atoms with van der Waals surface area (Å²) in [4.78, 5) is 17.2. The Bertz CT molecular complexity index is 549.